The van der Waals surface area contributed by atoms with Gasteiger partial charge in [-0.15, -0.1) is 0 Å². The van der Waals surface area contributed by atoms with Crippen molar-refractivity contribution in [2.75, 3.05) is 19.6 Å². The maximum atomic E-state index is 14.7. The summed E-state index contributed by atoms with van der Waals surface area (Å²) in [5.41, 5.74) is 15.5. The maximum absolute atomic E-state index is 14.7. The molecule has 2 amide bonds. The van der Waals surface area contributed by atoms with Gasteiger partial charge in [-0.05, 0) is 53.1 Å². The van der Waals surface area contributed by atoms with Gasteiger partial charge in [-0.25, -0.2) is 4.98 Å². The highest BCUT2D eigenvalue weighted by Gasteiger charge is 2.36. The van der Waals surface area contributed by atoms with Crippen LogP contribution < -0.4 is 22.1 Å². The largest absolute Gasteiger partial charge is 0.370 e. The van der Waals surface area contributed by atoms with Gasteiger partial charge in [-0.3, -0.25) is 14.6 Å². The molecule has 1 aliphatic heterocycles. The van der Waals surface area contributed by atoms with Crippen LogP contribution in [0.5, 0.6) is 0 Å². The van der Waals surface area contributed by atoms with Crippen LogP contribution in [0, 0.1) is 0 Å². The average Bonchev–Trinajstić information content (AvgIpc) is 3.58. The molecule has 11 heteroatoms. The van der Waals surface area contributed by atoms with Crippen LogP contribution in [0.4, 0.5) is 0 Å². The second-order valence-electron chi connectivity index (χ2n) is 14.1. The number of hydrogen-bond acceptors (Lipinski definition) is 6. The molecule has 0 saturated carbocycles. The maximum Gasteiger partial charge on any atom is 0.239 e. The lowest BCUT2D eigenvalue weighted by Crippen LogP contribution is -2.49. The first-order valence-corrected chi connectivity index (χ1v) is 18.7. The van der Waals surface area contributed by atoms with Crippen LogP contribution in [0.25, 0.3) is 10.8 Å². The van der Waals surface area contributed by atoms with Crippen molar-refractivity contribution >= 4 is 34.8 Å². The minimum absolute atomic E-state index is 0.0158. The van der Waals surface area contributed by atoms with Crippen molar-refractivity contribution in [2.45, 2.75) is 69.1 Å². The molecule has 4 aromatic carbocycles. The van der Waals surface area contributed by atoms with E-state index in [1.165, 1.54) is 6.92 Å². The summed E-state index contributed by atoms with van der Waals surface area (Å²) in [6.07, 6.45) is 7.08. The lowest BCUT2D eigenvalue weighted by Gasteiger charge is -2.32. The highest BCUT2D eigenvalue weighted by molar-refractivity contribution is 5.83. The Morgan fingerprint density at radius 1 is 0.963 bits per heavy atom. The molecule has 4 atom stereocenters. The Kier molecular flexibility index (Phi) is 12.8. The summed E-state index contributed by atoms with van der Waals surface area (Å²) in [4.78, 5) is 49.4. The number of guanidine groups is 1. The molecule has 5 aromatic rings. The fraction of sp³-hybridized carbons (Fsp3) is 0.326. The van der Waals surface area contributed by atoms with Crippen molar-refractivity contribution < 1.29 is 14.4 Å². The number of fused-ring (bicyclic) bond motifs is 1. The molecular formula is C43H50N8O3. The number of benzene rings is 4. The van der Waals surface area contributed by atoms with Crippen LogP contribution in [0.2, 0.25) is 0 Å². The Morgan fingerprint density at radius 3 is 2.31 bits per heavy atom. The van der Waals surface area contributed by atoms with Gasteiger partial charge >= 0.3 is 0 Å². The quantitative estimate of drug-likeness (QED) is 0.0504. The summed E-state index contributed by atoms with van der Waals surface area (Å²) in [5, 5.41) is 8.87. The molecule has 0 bridgehead atoms. The molecular weight excluding hydrogens is 677 g/mol. The number of carbonyl (C=O) groups is 3. The Balaban J connectivity index is 1.36. The van der Waals surface area contributed by atoms with Crippen molar-refractivity contribution in [3.8, 4) is 0 Å². The van der Waals surface area contributed by atoms with Gasteiger partial charge in [0, 0.05) is 56.8 Å². The van der Waals surface area contributed by atoms with Crippen molar-refractivity contribution in [1.29, 1.82) is 0 Å². The molecule has 6 rings (SSSR count). The lowest BCUT2D eigenvalue weighted by atomic mass is 9.90. The van der Waals surface area contributed by atoms with E-state index in [-0.39, 0.29) is 42.2 Å². The zero-order valence-corrected chi connectivity index (χ0v) is 30.8. The highest BCUT2D eigenvalue weighted by atomic mass is 16.2. The van der Waals surface area contributed by atoms with Crippen molar-refractivity contribution in [2.24, 2.45) is 16.5 Å². The third-order valence-corrected chi connectivity index (χ3v) is 10.3. The molecule has 11 nitrogen and oxygen atoms in total. The van der Waals surface area contributed by atoms with E-state index in [0.717, 1.165) is 39.4 Å². The molecule has 0 spiro atoms. The van der Waals surface area contributed by atoms with E-state index in [2.05, 4.69) is 79.8 Å². The molecule has 2 heterocycles. The summed E-state index contributed by atoms with van der Waals surface area (Å²) in [7, 11) is 0. The number of aldehydes is 1. The number of aliphatic imine (C=N–C) groups is 1. The number of nitrogens with zero attached hydrogens (tertiary/aromatic N) is 4. The molecule has 54 heavy (non-hydrogen) atoms. The van der Waals surface area contributed by atoms with Crippen LogP contribution in [-0.2, 0) is 27.2 Å². The average molecular weight is 727 g/mol. The number of aromatic nitrogens is 2. The number of carbonyl (C=O) groups excluding carboxylic acids is 3. The first-order valence-electron chi connectivity index (χ1n) is 18.7. The monoisotopic (exact) mass is 726 g/mol. The minimum Gasteiger partial charge on any atom is -0.370 e. The fourth-order valence-corrected chi connectivity index (χ4v) is 7.68. The lowest BCUT2D eigenvalue weighted by molar-refractivity contribution is -0.133. The number of nitrogens with one attached hydrogen (secondary N) is 2. The molecule has 1 fully saturated rings. The van der Waals surface area contributed by atoms with Gasteiger partial charge in [0.25, 0.3) is 0 Å². The smallest absolute Gasteiger partial charge is 0.239 e. The van der Waals surface area contributed by atoms with E-state index < -0.39 is 12.1 Å². The van der Waals surface area contributed by atoms with E-state index in [0.29, 0.717) is 45.3 Å². The topological polar surface area (TPSA) is 161 Å². The zero-order chi connectivity index (χ0) is 37.9. The molecule has 1 aromatic heterocycles. The van der Waals surface area contributed by atoms with E-state index >= 15 is 0 Å². The molecule has 1 aliphatic rings. The van der Waals surface area contributed by atoms with Gasteiger partial charge in [0.2, 0.25) is 11.8 Å². The first kappa shape index (κ1) is 37.9. The van der Waals surface area contributed by atoms with Crippen molar-refractivity contribution in [3.05, 3.63) is 138 Å². The van der Waals surface area contributed by atoms with E-state index in [9.17, 15) is 14.4 Å². The third-order valence-electron chi connectivity index (χ3n) is 10.3. The summed E-state index contributed by atoms with van der Waals surface area (Å²) in [5.74, 6) is -0.221. The van der Waals surface area contributed by atoms with E-state index in [1.807, 2.05) is 53.4 Å². The number of imidazole rings is 1. The summed E-state index contributed by atoms with van der Waals surface area (Å²) < 4.78 is 2.12. The number of nitrogens with two attached hydrogens (primary N) is 2. The second-order valence-corrected chi connectivity index (χ2v) is 14.1. The Morgan fingerprint density at radius 2 is 1.65 bits per heavy atom. The van der Waals surface area contributed by atoms with Crippen LogP contribution in [0.3, 0.4) is 0 Å². The highest BCUT2D eigenvalue weighted by Crippen LogP contribution is 2.31. The Hall–Kier alpha value is -5.81. The van der Waals surface area contributed by atoms with E-state index in [4.69, 9.17) is 11.5 Å². The van der Waals surface area contributed by atoms with Crippen molar-refractivity contribution in [3.63, 3.8) is 0 Å². The molecule has 0 aliphatic carbocycles. The van der Waals surface area contributed by atoms with Crippen LogP contribution >= 0.6 is 0 Å². The molecule has 280 valence electrons. The second kappa shape index (κ2) is 18.3. The van der Waals surface area contributed by atoms with Crippen molar-refractivity contribution in [1.82, 2.24) is 25.1 Å². The molecule has 0 unspecified atom stereocenters. The summed E-state index contributed by atoms with van der Waals surface area (Å²) in [6.45, 7) is 2.88. The van der Waals surface area contributed by atoms with Gasteiger partial charge in [-0.2, -0.15) is 0 Å². The predicted molar refractivity (Wildman–Crippen MR) is 213 cm³/mol. The Labute approximate surface area is 316 Å². The molecule has 6 N–H and O–H groups in total. The van der Waals surface area contributed by atoms with Gasteiger partial charge in [0.15, 0.2) is 5.96 Å². The number of hydrogen-bond donors (Lipinski definition) is 4. The summed E-state index contributed by atoms with van der Waals surface area (Å²) >= 11 is 0. The number of amides is 2. The molecule has 0 radical (unpaired) electrons. The van der Waals surface area contributed by atoms with Gasteiger partial charge < -0.3 is 36.4 Å². The van der Waals surface area contributed by atoms with Crippen LogP contribution in [0.15, 0.2) is 121 Å². The van der Waals surface area contributed by atoms with Gasteiger partial charge in [-0.1, -0.05) is 103 Å². The molecule has 1 saturated heterocycles. The zero-order valence-electron chi connectivity index (χ0n) is 30.8. The normalized spacial score (nSPS) is 17.1. The predicted octanol–water partition coefficient (Wildman–Crippen LogP) is 4.51. The van der Waals surface area contributed by atoms with Crippen LogP contribution in [0.1, 0.15) is 60.5 Å². The fourth-order valence-electron chi connectivity index (χ4n) is 7.68. The Bertz CT molecular complexity index is 1990. The van der Waals surface area contributed by atoms with Crippen LogP contribution in [-0.4, -0.2) is 76.3 Å². The van der Waals surface area contributed by atoms with Gasteiger partial charge in [0.05, 0.1) is 24.5 Å². The minimum atomic E-state index is -0.699. The SMILES string of the molecule is CC(=O)N[C@H](C=O)Cc1cncn1[C@@H](Cc1ccc2ccccc2c1)[C@@H]1CCN(CC(c2ccccc2)c2ccccc2)C(=O)[C@H](CCCN=C(N)N)N1. The first-order chi connectivity index (χ1) is 26.3. The number of rotatable bonds is 16. The third kappa shape index (κ3) is 9.78. The summed E-state index contributed by atoms with van der Waals surface area (Å²) in [6, 6.07) is 34.0. The standard InChI is InChI=1S/C43H50N8O3/c1-30(53)48-36(28-52)25-37-26-46-29-51(37)41(24-31-18-19-32-11-8-9-16-35(32)23-31)39-20-22-50(42(54)40(49-39)17-10-21-47-43(44)45)27-38(33-12-4-2-5-13-33)34-14-6-3-7-15-34/h2-9,11-16,18-19,23,26,28-29,36,38-41,49H,10,17,20-22,24-25,27H2,1H3,(H,48,53)(H4,44,45,47)/t36-,39-,40-,41-/m0/s1. The van der Waals surface area contributed by atoms with E-state index in [1.54, 1.807) is 12.5 Å². The van der Waals surface area contributed by atoms with Gasteiger partial charge in [0.1, 0.15) is 6.29 Å².